The van der Waals surface area contributed by atoms with Gasteiger partial charge in [0.25, 0.3) is 0 Å². The third kappa shape index (κ3) is 10.7. The normalized spacial score (nSPS) is 24.2. The Morgan fingerprint density at radius 3 is 2.05 bits per heavy atom. The van der Waals surface area contributed by atoms with Gasteiger partial charge in [-0.3, -0.25) is 19.0 Å². The Morgan fingerprint density at radius 2 is 1.68 bits per heavy atom. The second-order valence-corrected chi connectivity index (χ2v) is 5.52. The summed E-state index contributed by atoms with van der Waals surface area (Å²) < 4.78 is 31.6. The van der Waals surface area contributed by atoms with Gasteiger partial charge < -0.3 is 11.5 Å². The minimum Gasteiger partial charge on any atom is -0.370 e. The summed E-state index contributed by atoms with van der Waals surface area (Å²) in [5.74, 6) is 0.197. The molecule has 6 N–H and O–H groups in total. The lowest BCUT2D eigenvalue weighted by molar-refractivity contribution is 0.108. The van der Waals surface area contributed by atoms with Gasteiger partial charge in [-0.15, -0.1) is 0 Å². The van der Waals surface area contributed by atoms with Crippen LogP contribution in [0.3, 0.4) is 0 Å². The van der Waals surface area contributed by atoms with Crippen molar-refractivity contribution < 1.29 is 17.5 Å². The predicted molar refractivity (Wildman–Crippen MR) is 74.3 cm³/mol. The number of hydrogen-bond acceptors (Lipinski definition) is 4. The van der Waals surface area contributed by atoms with Crippen LogP contribution in [0.25, 0.3) is 0 Å². The highest BCUT2D eigenvalue weighted by Crippen LogP contribution is 2.21. The lowest BCUT2D eigenvalue weighted by Crippen LogP contribution is -2.45. The van der Waals surface area contributed by atoms with Crippen molar-refractivity contribution in [1.29, 1.82) is 0 Å². The van der Waals surface area contributed by atoms with Gasteiger partial charge in [-0.1, -0.05) is 6.42 Å². The molecule has 114 valence electrons. The lowest BCUT2D eigenvalue weighted by atomic mass is 9.98. The molecule has 0 bridgehead atoms. The fourth-order valence-electron chi connectivity index (χ4n) is 2.21. The number of aliphatic imine (C=N–C) groups is 1. The molecular formula is C10H24N4O4S. The zero-order valence-corrected chi connectivity index (χ0v) is 12.2. The fourth-order valence-corrected chi connectivity index (χ4v) is 2.21. The van der Waals surface area contributed by atoms with Crippen LogP contribution in [0, 0.1) is 0 Å². The van der Waals surface area contributed by atoms with E-state index < -0.39 is 10.4 Å². The summed E-state index contributed by atoms with van der Waals surface area (Å²) in [6, 6.07) is 1.35. The van der Waals surface area contributed by atoms with Crippen molar-refractivity contribution >= 4 is 16.4 Å². The average molecular weight is 296 g/mol. The predicted octanol–water partition coefficient (Wildman–Crippen LogP) is -0.130. The molecule has 2 atom stereocenters. The topological polar surface area (TPSA) is 142 Å². The second-order valence-electron chi connectivity index (χ2n) is 4.62. The Balaban J connectivity index is 0.000000555. The van der Waals surface area contributed by atoms with Crippen LogP contribution in [-0.2, 0) is 10.4 Å². The standard InChI is InChI=1S/C10H22N4.H2O4S/c1-8-4-3-5-9(2)14(8)7-6-13-10(11)12;1-5(2,3)4/h8-9H,3-7H2,1-2H3,(H4,11,12,13);(H2,1,2,3,4). The number of guanidine groups is 1. The average Bonchev–Trinajstić information content (AvgIpc) is 2.19. The van der Waals surface area contributed by atoms with Crippen molar-refractivity contribution in [3.63, 3.8) is 0 Å². The van der Waals surface area contributed by atoms with Crippen LogP contribution < -0.4 is 11.5 Å². The van der Waals surface area contributed by atoms with Crippen LogP contribution in [0.4, 0.5) is 0 Å². The molecule has 1 aliphatic heterocycles. The highest BCUT2D eigenvalue weighted by atomic mass is 32.3. The summed E-state index contributed by atoms with van der Waals surface area (Å²) in [5.41, 5.74) is 10.6. The molecule has 9 heteroatoms. The van der Waals surface area contributed by atoms with Gasteiger partial charge in [0.05, 0.1) is 6.54 Å². The van der Waals surface area contributed by atoms with E-state index in [9.17, 15) is 0 Å². The molecule has 0 spiro atoms. The summed E-state index contributed by atoms with van der Waals surface area (Å²) in [6.07, 6.45) is 3.94. The molecule has 0 saturated carbocycles. The Labute approximate surface area is 114 Å². The number of likely N-dealkylation sites (tertiary alicyclic amines) is 1. The molecule has 1 saturated heterocycles. The largest absolute Gasteiger partial charge is 0.394 e. The van der Waals surface area contributed by atoms with Crippen LogP contribution in [0.2, 0.25) is 0 Å². The maximum absolute atomic E-state index is 8.74. The summed E-state index contributed by atoms with van der Waals surface area (Å²) >= 11 is 0. The van der Waals surface area contributed by atoms with E-state index in [4.69, 9.17) is 29.0 Å². The summed E-state index contributed by atoms with van der Waals surface area (Å²) in [5, 5.41) is 0. The van der Waals surface area contributed by atoms with Gasteiger partial charge in [0, 0.05) is 18.6 Å². The molecule has 1 rings (SSSR count). The summed E-state index contributed by atoms with van der Waals surface area (Å²) in [4.78, 5) is 6.51. The van der Waals surface area contributed by atoms with Crippen molar-refractivity contribution in [3.8, 4) is 0 Å². The molecular weight excluding hydrogens is 272 g/mol. The van der Waals surface area contributed by atoms with Gasteiger partial charge >= 0.3 is 10.4 Å². The highest BCUT2D eigenvalue weighted by molar-refractivity contribution is 7.79. The third-order valence-corrected chi connectivity index (χ3v) is 3.03. The third-order valence-electron chi connectivity index (χ3n) is 3.03. The van der Waals surface area contributed by atoms with E-state index >= 15 is 0 Å². The molecule has 19 heavy (non-hydrogen) atoms. The fraction of sp³-hybridized carbons (Fsp3) is 0.900. The quantitative estimate of drug-likeness (QED) is 0.323. The van der Waals surface area contributed by atoms with E-state index in [0.717, 1.165) is 13.1 Å². The first-order chi connectivity index (χ1) is 8.61. The lowest BCUT2D eigenvalue weighted by Gasteiger charge is -2.38. The molecule has 0 aromatic rings. The van der Waals surface area contributed by atoms with E-state index in [1.165, 1.54) is 19.3 Å². The number of rotatable bonds is 3. The molecule has 0 radical (unpaired) electrons. The van der Waals surface area contributed by atoms with E-state index in [1.807, 2.05) is 0 Å². The van der Waals surface area contributed by atoms with E-state index in [0.29, 0.717) is 12.1 Å². The number of nitrogens with zero attached hydrogens (tertiary/aromatic N) is 2. The minimum absolute atomic E-state index is 0.197. The Kier molecular flexibility index (Phi) is 7.91. The van der Waals surface area contributed by atoms with E-state index in [1.54, 1.807) is 0 Å². The molecule has 2 unspecified atom stereocenters. The van der Waals surface area contributed by atoms with Crippen molar-refractivity contribution in [3.05, 3.63) is 0 Å². The molecule has 1 heterocycles. The molecule has 1 aliphatic rings. The zero-order chi connectivity index (χ0) is 15.1. The van der Waals surface area contributed by atoms with Crippen molar-refractivity contribution in [2.45, 2.75) is 45.2 Å². The van der Waals surface area contributed by atoms with Gasteiger partial charge in [0.15, 0.2) is 5.96 Å². The first kappa shape index (κ1) is 18.1. The molecule has 0 aromatic heterocycles. The molecule has 0 aromatic carbocycles. The monoisotopic (exact) mass is 296 g/mol. The van der Waals surface area contributed by atoms with Gasteiger partial charge in [-0.2, -0.15) is 8.42 Å². The summed E-state index contributed by atoms with van der Waals surface area (Å²) in [7, 11) is -4.67. The molecule has 0 amide bonds. The Bertz CT molecular complexity index is 363. The van der Waals surface area contributed by atoms with Gasteiger partial charge in [-0.05, 0) is 26.7 Å². The van der Waals surface area contributed by atoms with E-state index in [-0.39, 0.29) is 5.96 Å². The van der Waals surface area contributed by atoms with Gasteiger partial charge in [0.2, 0.25) is 0 Å². The molecule has 8 nitrogen and oxygen atoms in total. The van der Waals surface area contributed by atoms with E-state index in [2.05, 4.69) is 23.7 Å². The number of piperidine rings is 1. The summed E-state index contributed by atoms with van der Waals surface area (Å²) in [6.45, 7) is 6.26. The maximum atomic E-state index is 8.74. The number of nitrogens with two attached hydrogens (primary N) is 2. The van der Waals surface area contributed by atoms with Crippen molar-refractivity contribution in [1.82, 2.24) is 4.90 Å². The smallest absolute Gasteiger partial charge is 0.370 e. The Hall–Kier alpha value is -0.900. The van der Waals surface area contributed by atoms with Crippen molar-refractivity contribution in [2.24, 2.45) is 16.5 Å². The van der Waals surface area contributed by atoms with Crippen LogP contribution in [0.15, 0.2) is 4.99 Å². The SMILES string of the molecule is CC1CCCC(C)N1CCN=C(N)N.O=S(=O)(O)O. The van der Waals surface area contributed by atoms with Crippen molar-refractivity contribution in [2.75, 3.05) is 13.1 Å². The second kappa shape index (κ2) is 8.31. The number of hydrogen-bond donors (Lipinski definition) is 4. The van der Waals surface area contributed by atoms with Crippen LogP contribution in [0.1, 0.15) is 33.1 Å². The molecule has 0 aliphatic carbocycles. The molecule has 1 fully saturated rings. The van der Waals surface area contributed by atoms with Crippen LogP contribution in [-0.4, -0.2) is 53.6 Å². The zero-order valence-electron chi connectivity index (χ0n) is 11.4. The van der Waals surface area contributed by atoms with Crippen LogP contribution >= 0.6 is 0 Å². The minimum atomic E-state index is -4.67. The van der Waals surface area contributed by atoms with Gasteiger partial charge in [0.1, 0.15) is 0 Å². The Morgan fingerprint density at radius 1 is 1.26 bits per heavy atom. The van der Waals surface area contributed by atoms with Gasteiger partial charge in [-0.25, -0.2) is 0 Å². The highest BCUT2D eigenvalue weighted by Gasteiger charge is 2.23. The maximum Gasteiger partial charge on any atom is 0.394 e. The van der Waals surface area contributed by atoms with Crippen LogP contribution in [0.5, 0.6) is 0 Å². The first-order valence-electron chi connectivity index (χ1n) is 6.12. The first-order valence-corrected chi connectivity index (χ1v) is 7.52.